The summed E-state index contributed by atoms with van der Waals surface area (Å²) < 4.78 is 24.9. The van der Waals surface area contributed by atoms with Crippen LogP contribution >= 0.6 is 11.6 Å². The molecule has 0 amide bonds. The largest absolute Gasteiger partial charge is 0.378 e. The van der Waals surface area contributed by atoms with Gasteiger partial charge in [-0.3, -0.25) is 0 Å². The molecule has 21 heavy (non-hydrogen) atoms. The Morgan fingerprint density at radius 1 is 1.43 bits per heavy atom. The molecule has 2 aliphatic rings. The Bertz CT molecular complexity index is 505. The lowest BCUT2D eigenvalue weighted by atomic mass is 9.79. The van der Waals surface area contributed by atoms with Gasteiger partial charge in [-0.05, 0) is 43.5 Å². The van der Waals surface area contributed by atoms with Crippen LogP contribution in [0, 0.1) is 11.7 Å². The van der Waals surface area contributed by atoms with Crippen molar-refractivity contribution in [2.24, 2.45) is 5.92 Å². The van der Waals surface area contributed by atoms with Crippen molar-refractivity contribution in [3.05, 3.63) is 34.6 Å². The van der Waals surface area contributed by atoms with E-state index in [0.29, 0.717) is 12.5 Å². The second kappa shape index (κ2) is 6.21. The van der Waals surface area contributed by atoms with Gasteiger partial charge >= 0.3 is 0 Å². The molecule has 1 aromatic rings. The van der Waals surface area contributed by atoms with Crippen LogP contribution in [0.1, 0.15) is 30.9 Å². The van der Waals surface area contributed by atoms with Crippen LogP contribution in [0.15, 0.2) is 18.2 Å². The number of nitrogens with one attached hydrogen (secondary N) is 1. The molecule has 0 aromatic heterocycles. The molecule has 0 aliphatic carbocycles. The minimum Gasteiger partial charge on any atom is -0.378 e. The molecule has 3 nitrogen and oxygen atoms in total. The summed E-state index contributed by atoms with van der Waals surface area (Å²) in [7, 11) is 1.94. The van der Waals surface area contributed by atoms with Gasteiger partial charge in [-0.2, -0.15) is 0 Å². The minimum atomic E-state index is -0.372. The molecular formula is C16H21ClFNO2. The molecule has 3 unspecified atom stereocenters. The molecule has 3 rings (SSSR count). The van der Waals surface area contributed by atoms with Crippen molar-refractivity contribution >= 4 is 11.6 Å². The van der Waals surface area contributed by atoms with Gasteiger partial charge in [0.2, 0.25) is 0 Å². The minimum absolute atomic E-state index is 0.123. The molecule has 5 heteroatoms. The SMILES string of the molecule is CNC(c1ccc(F)c(Cl)c1)C1CCOC2(CCOC2)C1. The molecule has 2 aliphatic heterocycles. The van der Waals surface area contributed by atoms with Gasteiger partial charge in [0.15, 0.2) is 0 Å². The first kappa shape index (κ1) is 15.2. The lowest BCUT2D eigenvalue weighted by molar-refractivity contribution is -0.103. The van der Waals surface area contributed by atoms with Crippen LogP contribution in [0.5, 0.6) is 0 Å². The highest BCUT2D eigenvalue weighted by atomic mass is 35.5. The van der Waals surface area contributed by atoms with Crippen LogP contribution in [-0.2, 0) is 9.47 Å². The van der Waals surface area contributed by atoms with E-state index in [9.17, 15) is 4.39 Å². The van der Waals surface area contributed by atoms with Gasteiger partial charge in [0.1, 0.15) is 5.82 Å². The highest BCUT2D eigenvalue weighted by Crippen LogP contribution is 2.41. The predicted octanol–water partition coefficient (Wildman–Crippen LogP) is 3.33. The summed E-state index contributed by atoms with van der Waals surface area (Å²) in [5.41, 5.74) is 0.909. The van der Waals surface area contributed by atoms with Crippen LogP contribution in [0.25, 0.3) is 0 Å². The molecule has 0 saturated carbocycles. The van der Waals surface area contributed by atoms with Gasteiger partial charge in [0, 0.05) is 25.7 Å². The third-order valence-electron chi connectivity index (χ3n) is 4.68. The number of rotatable bonds is 3. The summed E-state index contributed by atoms with van der Waals surface area (Å²) >= 11 is 5.93. The van der Waals surface area contributed by atoms with Crippen LogP contribution in [0.4, 0.5) is 4.39 Å². The van der Waals surface area contributed by atoms with Crippen molar-refractivity contribution in [3.8, 4) is 0 Å². The summed E-state index contributed by atoms with van der Waals surface area (Å²) in [6.45, 7) is 2.21. The molecule has 2 fully saturated rings. The normalized spacial score (nSPS) is 30.7. The number of ether oxygens (including phenoxy) is 2. The Morgan fingerprint density at radius 3 is 2.95 bits per heavy atom. The van der Waals surface area contributed by atoms with Crippen molar-refractivity contribution in [3.63, 3.8) is 0 Å². The van der Waals surface area contributed by atoms with E-state index in [1.54, 1.807) is 6.07 Å². The second-order valence-corrected chi connectivity index (χ2v) is 6.43. The van der Waals surface area contributed by atoms with E-state index in [1.165, 1.54) is 6.07 Å². The molecule has 1 N–H and O–H groups in total. The highest BCUT2D eigenvalue weighted by molar-refractivity contribution is 6.30. The topological polar surface area (TPSA) is 30.5 Å². The first-order valence-electron chi connectivity index (χ1n) is 7.47. The van der Waals surface area contributed by atoms with Crippen molar-refractivity contribution in [1.29, 1.82) is 0 Å². The molecule has 2 saturated heterocycles. The van der Waals surface area contributed by atoms with E-state index in [4.69, 9.17) is 21.1 Å². The van der Waals surface area contributed by atoms with E-state index in [2.05, 4.69) is 5.32 Å². The van der Waals surface area contributed by atoms with E-state index in [0.717, 1.165) is 38.0 Å². The molecule has 2 heterocycles. The highest BCUT2D eigenvalue weighted by Gasteiger charge is 2.43. The van der Waals surface area contributed by atoms with Crippen LogP contribution in [0.2, 0.25) is 5.02 Å². The van der Waals surface area contributed by atoms with Gasteiger partial charge in [-0.1, -0.05) is 17.7 Å². The molecular weight excluding hydrogens is 293 g/mol. The monoisotopic (exact) mass is 313 g/mol. The van der Waals surface area contributed by atoms with Crippen molar-refractivity contribution < 1.29 is 13.9 Å². The van der Waals surface area contributed by atoms with Crippen molar-refractivity contribution in [2.75, 3.05) is 26.9 Å². The van der Waals surface area contributed by atoms with E-state index in [1.807, 2.05) is 13.1 Å². The molecule has 0 bridgehead atoms. The van der Waals surface area contributed by atoms with Crippen LogP contribution in [-0.4, -0.2) is 32.5 Å². The average Bonchev–Trinajstić information content (AvgIpc) is 2.91. The Morgan fingerprint density at radius 2 is 2.29 bits per heavy atom. The molecule has 1 spiro atoms. The predicted molar refractivity (Wildman–Crippen MR) is 80.1 cm³/mol. The quantitative estimate of drug-likeness (QED) is 0.928. The Hall–Kier alpha value is -0.680. The van der Waals surface area contributed by atoms with Gasteiger partial charge in [0.05, 0.1) is 17.2 Å². The maximum Gasteiger partial charge on any atom is 0.141 e. The summed E-state index contributed by atoms with van der Waals surface area (Å²) in [6.07, 6.45) is 2.92. The summed E-state index contributed by atoms with van der Waals surface area (Å²) in [4.78, 5) is 0. The third kappa shape index (κ3) is 3.09. The zero-order chi connectivity index (χ0) is 14.9. The van der Waals surface area contributed by atoms with Crippen LogP contribution < -0.4 is 5.32 Å². The smallest absolute Gasteiger partial charge is 0.141 e. The maximum absolute atomic E-state index is 13.4. The van der Waals surface area contributed by atoms with Crippen LogP contribution in [0.3, 0.4) is 0 Å². The molecule has 3 atom stereocenters. The Kier molecular flexibility index (Phi) is 4.50. The first-order chi connectivity index (χ1) is 10.1. The molecule has 1 aromatic carbocycles. The van der Waals surface area contributed by atoms with Gasteiger partial charge in [0.25, 0.3) is 0 Å². The van der Waals surface area contributed by atoms with Gasteiger partial charge < -0.3 is 14.8 Å². The van der Waals surface area contributed by atoms with Gasteiger partial charge in [-0.15, -0.1) is 0 Å². The zero-order valence-electron chi connectivity index (χ0n) is 12.2. The zero-order valence-corrected chi connectivity index (χ0v) is 13.0. The Labute approximate surface area is 129 Å². The average molecular weight is 314 g/mol. The number of hydrogen-bond donors (Lipinski definition) is 1. The first-order valence-corrected chi connectivity index (χ1v) is 7.85. The van der Waals surface area contributed by atoms with Crippen molar-refractivity contribution in [1.82, 2.24) is 5.32 Å². The molecule has 0 radical (unpaired) electrons. The van der Waals surface area contributed by atoms with E-state index < -0.39 is 0 Å². The standard InChI is InChI=1S/C16H21ClFNO2/c1-19-15(11-2-3-14(18)13(17)8-11)12-4-6-21-16(9-12)5-7-20-10-16/h2-3,8,12,15,19H,4-7,9-10H2,1H3. The second-order valence-electron chi connectivity index (χ2n) is 6.03. The summed E-state index contributed by atoms with van der Waals surface area (Å²) in [6, 6.07) is 5.14. The molecule has 116 valence electrons. The summed E-state index contributed by atoms with van der Waals surface area (Å²) in [5.74, 6) is 0.0647. The van der Waals surface area contributed by atoms with E-state index in [-0.39, 0.29) is 22.5 Å². The lowest BCUT2D eigenvalue weighted by Gasteiger charge is -2.40. The number of halogens is 2. The van der Waals surface area contributed by atoms with Gasteiger partial charge in [-0.25, -0.2) is 4.39 Å². The van der Waals surface area contributed by atoms with Crippen molar-refractivity contribution in [2.45, 2.75) is 30.9 Å². The fraction of sp³-hybridized carbons (Fsp3) is 0.625. The Balaban J connectivity index is 1.80. The number of hydrogen-bond acceptors (Lipinski definition) is 3. The fourth-order valence-electron chi connectivity index (χ4n) is 3.59. The number of benzene rings is 1. The lowest BCUT2D eigenvalue weighted by Crippen LogP contribution is -2.43. The maximum atomic E-state index is 13.4. The third-order valence-corrected chi connectivity index (χ3v) is 4.97. The fourth-order valence-corrected chi connectivity index (χ4v) is 3.78. The summed E-state index contributed by atoms with van der Waals surface area (Å²) in [5, 5.41) is 3.54. The van der Waals surface area contributed by atoms with E-state index >= 15 is 0 Å².